The molecular weight excluding hydrogens is 482 g/mol. The van der Waals surface area contributed by atoms with Gasteiger partial charge >= 0.3 is 6.09 Å². The minimum absolute atomic E-state index is 0.0496. The van der Waals surface area contributed by atoms with Crippen molar-refractivity contribution in [2.24, 2.45) is 5.73 Å². The van der Waals surface area contributed by atoms with E-state index in [0.29, 0.717) is 11.1 Å². The van der Waals surface area contributed by atoms with Crippen LogP contribution in [0.15, 0.2) is 78.9 Å². The zero-order valence-corrected chi connectivity index (χ0v) is 22.2. The summed E-state index contributed by atoms with van der Waals surface area (Å²) >= 11 is 0. The Morgan fingerprint density at radius 3 is 2.13 bits per heavy atom. The van der Waals surface area contributed by atoms with Crippen molar-refractivity contribution in [2.75, 3.05) is 7.05 Å². The van der Waals surface area contributed by atoms with Crippen molar-refractivity contribution in [3.63, 3.8) is 0 Å². The lowest BCUT2D eigenvalue weighted by Crippen LogP contribution is -2.50. The topological polar surface area (TPSA) is 122 Å². The lowest BCUT2D eigenvalue weighted by molar-refractivity contribution is -0.130. The van der Waals surface area contributed by atoms with Crippen LogP contribution in [-0.2, 0) is 32.8 Å². The lowest BCUT2D eigenvalue weighted by atomic mass is 9.84. The third kappa shape index (κ3) is 7.35. The number of aromatic hydroxyl groups is 1. The van der Waals surface area contributed by atoms with Crippen LogP contribution in [0.1, 0.15) is 49.1 Å². The van der Waals surface area contributed by atoms with E-state index in [4.69, 9.17) is 10.5 Å². The summed E-state index contributed by atoms with van der Waals surface area (Å²) in [5.41, 5.74) is 8.14. The largest absolute Gasteiger partial charge is 0.508 e. The van der Waals surface area contributed by atoms with Gasteiger partial charge in [-0.05, 0) is 33.7 Å². The van der Waals surface area contributed by atoms with Gasteiger partial charge < -0.3 is 20.9 Å². The molecule has 8 nitrogen and oxygen atoms in total. The van der Waals surface area contributed by atoms with Crippen LogP contribution in [0, 0.1) is 0 Å². The van der Waals surface area contributed by atoms with Crippen molar-refractivity contribution in [3.8, 4) is 5.75 Å². The number of nitrogens with one attached hydrogen (secondary N) is 1. The molecule has 0 saturated carbocycles. The number of amides is 3. The molecule has 0 fully saturated rings. The number of nitrogens with two attached hydrogens (primary N) is 1. The Kier molecular flexibility index (Phi) is 9.12. The molecule has 3 amide bonds. The highest BCUT2D eigenvalue weighted by Crippen LogP contribution is 2.31. The maximum absolute atomic E-state index is 13.5. The second-order valence-electron chi connectivity index (χ2n) is 10.2. The maximum Gasteiger partial charge on any atom is 0.410 e. The van der Waals surface area contributed by atoms with E-state index >= 15 is 0 Å². The van der Waals surface area contributed by atoms with Crippen LogP contribution in [-0.4, -0.2) is 41.0 Å². The average Bonchev–Trinajstić information content (AvgIpc) is 2.88. The molecule has 3 aromatic carbocycles. The van der Waals surface area contributed by atoms with Gasteiger partial charge in [0.1, 0.15) is 24.4 Å². The number of phenols is 1. The van der Waals surface area contributed by atoms with Crippen molar-refractivity contribution in [3.05, 3.63) is 101 Å². The molecule has 0 radical (unpaired) electrons. The molecule has 0 unspecified atom stereocenters. The fourth-order valence-corrected chi connectivity index (χ4v) is 4.13. The lowest BCUT2D eigenvalue weighted by Gasteiger charge is -2.29. The molecule has 2 atom stereocenters. The molecule has 0 aliphatic carbocycles. The zero-order valence-electron chi connectivity index (χ0n) is 22.2. The Balaban J connectivity index is 1.81. The third-order valence-electron chi connectivity index (χ3n) is 6.21. The van der Waals surface area contributed by atoms with Gasteiger partial charge in [0.15, 0.2) is 0 Å². The van der Waals surface area contributed by atoms with Gasteiger partial charge in [0.25, 0.3) is 0 Å². The first kappa shape index (κ1) is 28.2. The Morgan fingerprint density at radius 2 is 1.55 bits per heavy atom. The fraction of sp³-hybridized carbons (Fsp3) is 0.300. The summed E-state index contributed by atoms with van der Waals surface area (Å²) in [5.74, 6) is -1.14. The molecule has 0 aliphatic heterocycles. The van der Waals surface area contributed by atoms with E-state index in [2.05, 4.69) is 5.32 Å². The zero-order chi connectivity index (χ0) is 27.9. The summed E-state index contributed by atoms with van der Waals surface area (Å²) < 4.78 is 5.44. The van der Waals surface area contributed by atoms with Crippen LogP contribution in [0.3, 0.4) is 0 Å². The summed E-state index contributed by atoms with van der Waals surface area (Å²) in [6.07, 6.45) is -0.574. The van der Waals surface area contributed by atoms with E-state index in [1.165, 1.54) is 11.9 Å². The van der Waals surface area contributed by atoms with Crippen molar-refractivity contribution >= 4 is 17.9 Å². The van der Waals surface area contributed by atoms with Crippen molar-refractivity contribution in [1.29, 1.82) is 0 Å². The molecule has 0 spiro atoms. The van der Waals surface area contributed by atoms with Crippen molar-refractivity contribution in [2.45, 2.75) is 51.3 Å². The summed E-state index contributed by atoms with van der Waals surface area (Å²) in [6, 6.07) is 20.9. The molecule has 8 heteroatoms. The standard InChI is InChI=1S/C30H35N3O5/c1-30(2,3)23-17-21(15-16-25(23)34)18-24(27(31)35)32-28(36)26(22-13-9-6-10-14-22)33(4)29(37)38-19-20-11-7-5-8-12-20/h5-17,24,26,34H,18-19H2,1-4H3,(H2,31,35)(H,32,36)/t24-,26-/m0/s1. The number of carbonyl (C=O) groups excluding carboxylic acids is 3. The number of nitrogens with zero attached hydrogens (tertiary/aromatic N) is 1. The van der Waals surface area contributed by atoms with Crippen LogP contribution in [0.4, 0.5) is 4.79 Å². The molecule has 38 heavy (non-hydrogen) atoms. The number of hydrogen-bond donors (Lipinski definition) is 3. The predicted molar refractivity (Wildman–Crippen MR) is 145 cm³/mol. The van der Waals surface area contributed by atoms with Crippen molar-refractivity contribution in [1.82, 2.24) is 10.2 Å². The number of ether oxygens (including phenoxy) is 1. The highest BCUT2D eigenvalue weighted by atomic mass is 16.6. The number of phenolic OH excluding ortho intramolecular Hbond substituents is 1. The van der Waals surface area contributed by atoms with Gasteiger partial charge in [0, 0.05) is 13.5 Å². The molecule has 3 aromatic rings. The first-order valence-electron chi connectivity index (χ1n) is 12.4. The Morgan fingerprint density at radius 1 is 0.947 bits per heavy atom. The van der Waals surface area contributed by atoms with E-state index in [9.17, 15) is 19.5 Å². The highest BCUT2D eigenvalue weighted by Gasteiger charge is 2.32. The second kappa shape index (κ2) is 12.3. The van der Waals surface area contributed by atoms with Gasteiger partial charge in [-0.15, -0.1) is 0 Å². The Bertz CT molecular complexity index is 1260. The Hall–Kier alpha value is -4.33. The van der Waals surface area contributed by atoms with Gasteiger partial charge in [0.05, 0.1) is 0 Å². The van der Waals surface area contributed by atoms with Crippen LogP contribution >= 0.6 is 0 Å². The molecule has 0 saturated heterocycles. The first-order valence-corrected chi connectivity index (χ1v) is 12.4. The fourth-order valence-electron chi connectivity index (χ4n) is 4.13. The average molecular weight is 518 g/mol. The van der Waals surface area contributed by atoms with Gasteiger partial charge in [0.2, 0.25) is 11.8 Å². The van der Waals surface area contributed by atoms with Crippen LogP contribution in [0.2, 0.25) is 0 Å². The van der Waals surface area contributed by atoms with Crippen LogP contribution in [0.25, 0.3) is 0 Å². The number of rotatable bonds is 9. The Labute approximate surface area is 223 Å². The minimum atomic E-state index is -1.06. The van der Waals surface area contributed by atoms with Gasteiger partial charge in [-0.25, -0.2) is 4.79 Å². The number of benzene rings is 3. The summed E-state index contributed by atoms with van der Waals surface area (Å²) in [4.78, 5) is 40.0. The van der Waals surface area contributed by atoms with Crippen LogP contribution < -0.4 is 11.1 Å². The highest BCUT2D eigenvalue weighted by molar-refractivity contribution is 5.91. The van der Waals surface area contributed by atoms with Gasteiger partial charge in [-0.3, -0.25) is 14.5 Å². The molecule has 200 valence electrons. The number of hydrogen-bond acceptors (Lipinski definition) is 5. The molecular formula is C30H35N3O5. The van der Waals surface area contributed by atoms with E-state index < -0.39 is 30.0 Å². The second-order valence-corrected chi connectivity index (χ2v) is 10.2. The molecule has 0 bridgehead atoms. The van der Waals surface area contributed by atoms with Gasteiger partial charge in [-0.1, -0.05) is 93.6 Å². The smallest absolute Gasteiger partial charge is 0.410 e. The van der Waals surface area contributed by atoms with Crippen LogP contribution in [0.5, 0.6) is 5.75 Å². The molecule has 4 N–H and O–H groups in total. The maximum atomic E-state index is 13.5. The number of primary amides is 1. The normalized spacial score (nSPS) is 12.7. The number of likely N-dealkylation sites (N-methyl/N-ethyl adjacent to an activating group) is 1. The van der Waals surface area contributed by atoms with E-state index in [-0.39, 0.29) is 24.2 Å². The quantitative estimate of drug-likeness (QED) is 0.392. The number of carbonyl (C=O) groups is 3. The molecule has 0 heterocycles. The van der Waals surface area contributed by atoms with E-state index in [0.717, 1.165) is 11.1 Å². The molecule has 0 aliphatic rings. The molecule has 3 rings (SSSR count). The monoisotopic (exact) mass is 517 g/mol. The summed E-state index contributed by atoms with van der Waals surface area (Å²) in [5, 5.41) is 13.0. The molecule has 0 aromatic heterocycles. The van der Waals surface area contributed by atoms with Gasteiger partial charge in [-0.2, -0.15) is 0 Å². The minimum Gasteiger partial charge on any atom is -0.508 e. The first-order chi connectivity index (χ1) is 18.0. The predicted octanol–water partition coefficient (Wildman–Crippen LogP) is 4.21. The van der Waals surface area contributed by atoms with Crippen molar-refractivity contribution < 1.29 is 24.2 Å². The SMILES string of the molecule is CN(C(=O)OCc1ccccc1)[C@H](C(=O)N[C@@H](Cc1ccc(O)c(C(C)(C)C)c1)C(N)=O)c1ccccc1. The summed E-state index contributed by atoms with van der Waals surface area (Å²) in [7, 11) is 1.47. The van der Waals surface area contributed by atoms with E-state index in [1.54, 1.807) is 48.5 Å². The third-order valence-corrected chi connectivity index (χ3v) is 6.21. The summed E-state index contributed by atoms with van der Waals surface area (Å²) in [6.45, 7) is 5.96. The van der Waals surface area contributed by atoms with E-state index in [1.807, 2.05) is 51.1 Å².